The van der Waals surface area contributed by atoms with Crippen LogP contribution in [0.15, 0.2) is 24.3 Å². The van der Waals surface area contributed by atoms with Gasteiger partial charge in [0.2, 0.25) is 5.91 Å². The molecule has 0 fully saturated rings. The number of nitrogens with one attached hydrogen (secondary N) is 3. The van der Waals surface area contributed by atoms with Crippen molar-refractivity contribution < 1.29 is 9.59 Å². The molecule has 1 aromatic carbocycles. The molecule has 2 rings (SSSR count). The lowest BCUT2D eigenvalue weighted by atomic mass is 10.1. The standard InChI is InChI=1S/C13H16N6O2/c1-8(2)7-11(20)14-9-3-5-10(6-4-9)15-13(21)12-16-18-19-17-12/h3-6,8H,7H2,1-2H3,(H,14,20)(H,15,21)(H,16,17,18,19). The Bertz CT molecular complexity index is 606. The molecular formula is C13H16N6O2. The van der Waals surface area contributed by atoms with E-state index in [0.29, 0.717) is 23.7 Å². The maximum absolute atomic E-state index is 11.7. The number of H-pyrrole nitrogens is 1. The van der Waals surface area contributed by atoms with Crippen molar-refractivity contribution in [1.82, 2.24) is 20.6 Å². The molecule has 0 aliphatic carbocycles. The van der Waals surface area contributed by atoms with Gasteiger partial charge in [-0.2, -0.15) is 5.21 Å². The molecule has 0 aliphatic rings. The first-order chi connectivity index (χ1) is 10.0. The van der Waals surface area contributed by atoms with Crippen LogP contribution in [0.4, 0.5) is 11.4 Å². The maximum Gasteiger partial charge on any atom is 0.297 e. The Hall–Kier alpha value is -2.77. The van der Waals surface area contributed by atoms with Gasteiger partial charge in [-0.05, 0) is 35.4 Å². The summed E-state index contributed by atoms with van der Waals surface area (Å²) in [6, 6.07) is 6.79. The number of amides is 2. The maximum atomic E-state index is 11.7. The smallest absolute Gasteiger partial charge is 0.297 e. The minimum atomic E-state index is -0.458. The number of rotatable bonds is 5. The molecule has 0 aliphatic heterocycles. The molecule has 0 radical (unpaired) electrons. The van der Waals surface area contributed by atoms with Crippen LogP contribution in [0.25, 0.3) is 0 Å². The quantitative estimate of drug-likeness (QED) is 0.770. The van der Waals surface area contributed by atoms with E-state index in [1.54, 1.807) is 24.3 Å². The lowest BCUT2D eigenvalue weighted by molar-refractivity contribution is -0.116. The fourth-order valence-electron chi connectivity index (χ4n) is 1.66. The van der Waals surface area contributed by atoms with Crippen molar-refractivity contribution in [2.45, 2.75) is 20.3 Å². The van der Waals surface area contributed by atoms with Gasteiger partial charge in [-0.25, -0.2) is 0 Å². The predicted octanol–water partition coefficient (Wildman–Crippen LogP) is 1.44. The van der Waals surface area contributed by atoms with Crippen LogP contribution in [-0.2, 0) is 4.79 Å². The summed E-state index contributed by atoms with van der Waals surface area (Å²) in [5, 5.41) is 18.1. The summed E-state index contributed by atoms with van der Waals surface area (Å²) < 4.78 is 0. The van der Waals surface area contributed by atoms with Crippen molar-refractivity contribution in [2.24, 2.45) is 5.92 Å². The topological polar surface area (TPSA) is 113 Å². The first-order valence-corrected chi connectivity index (χ1v) is 6.49. The zero-order valence-electron chi connectivity index (χ0n) is 11.8. The molecule has 0 atom stereocenters. The van der Waals surface area contributed by atoms with Gasteiger partial charge in [0, 0.05) is 17.8 Å². The number of benzene rings is 1. The Morgan fingerprint density at radius 1 is 1.14 bits per heavy atom. The largest absolute Gasteiger partial charge is 0.326 e. The zero-order valence-corrected chi connectivity index (χ0v) is 11.8. The van der Waals surface area contributed by atoms with E-state index in [0.717, 1.165) is 0 Å². The number of hydrogen-bond donors (Lipinski definition) is 3. The van der Waals surface area contributed by atoms with Crippen LogP contribution in [0.1, 0.15) is 30.9 Å². The Labute approximate surface area is 121 Å². The van der Waals surface area contributed by atoms with Crippen LogP contribution < -0.4 is 10.6 Å². The second-order valence-corrected chi connectivity index (χ2v) is 4.91. The van der Waals surface area contributed by atoms with E-state index < -0.39 is 5.91 Å². The second-order valence-electron chi connectivity index (χ2n) is 4.91. The molecule has 3 N–H and O–H groups in total. The van der Waals surface area contributed by atoms with Crippen molar-refractivity contribution in [2.75, 3.05) is 10.6 Å². The van der Waals surface area contributed by atoms with Crippen LogP contribution in [0.3, 0.4) is 0 Å². The third kappa shape index (κ3) is 4.37. The monoisotopic (exact) mass is 288 g/mol. The van der Waals surface area contributed by atoms with Crippen molar-refractivity contribution in [3.05, 3.63) is 30.1 Å². The lowest BCUT2D eigenvalue weighted by Crippen LogP contribution is -2.15. The lowest BCUT2D eigenvalue weighted by Gasteiger charge is -2.08. The van der Waals surface area contributed by atoms with Gasteiger partial charge < -0.3 is 10.6 Å². The molecule has 1 heterocycles. The summed E-state index contributed by atoms with van der Waals surface area (Å²) in [4.78, 5) is 23.3. The van der Waals surface area contributed by atoms with E-state index >= 15 is 0 Å². The number of tetrazole rings is 1. The summed E-state index contributed by atoms with van der Waals surface area (Å²) in [6.45, 7) is 3.96. The molecule has 110 valence electrons. The SMILES string of the molecule is CC(C)CC(=O)Nc1ccc(NC(=O)c2nn[nH]n2)cc1. The van der Waals surface area contributed by atoms with Gasteiger partial charge in [-0.15, -0.1) is 10.2 Å². The molecule has 0 spiro atoms. The van der Waals surface area contributed by atoms with E-state index in [1.807, 2.05) is 13.8 Å². The molecule has 21 heavy (non-hydrogen) atoms. The van der Waals surface area contributed by atoms with Crippen LogP contribution >= 0.6 is 0 Å². The average Bonchev–Trinajstić information content (AvgIpc) is 2.94. The van der Waals surface area contributed by atoms with Crippen LogP contribution in [0.2, 0.25) is 0 Å². The van der Waals surface area contributed by atoms with E-state index in [-0.39, 0.29) is 11.7 Å². The van der Waals surface area contributed by atoms with E-state index in [2.05, 4.69) is 31.3 Å². The fraction of sp³-hybridized carbons (Fsp3) is 0.308. The number of carbonyl (C=O) groups excluding carboxylic acids is 2. The van der Waals surface area contributed by atoms with Gasteiger partial charge in [-0.1, -0.05) is 13.8 Å². The average molecular weight is 288 g/mol. The van der Waals surface area contributed by atoms with Gasteiger partial charge in [0.05, 0.1) is 0 Å². The molecule has 0 unspecified atom stereocenters. The van der Waals surface area contributed by atoms with Gasteiger partial charge >= 0.3 is 0 Å². The molecule has 0 saturated carbocycles. The molecule has 0 saturated heterocycles. The molecule has 8 heteroatoms. The molecule has 1 aromatic heterocycles. The van der Waals surface area contributed by atoms with Crippen molar-refractivity contribution in [3.8, 4) is 0 Å². The normalized spacial score (nSPS) is 10.4. The molecule has 2 aromatic rings. The number of anilines is 2. The number of nitrogens with zero attached hydrogens (tertiary/aromatic N) is 3. The third-order valence-electron chi connectivity index (χ3n) is 2.57. The highest BCUT2D eigenvalue weighted by atomic mass is 16.2. The van der Waals surface area contributed by atoms with Crippen molar-refractivity contribution in [1.29, 1.82) is 0 Å². The van der Waals surface area contributed by atoms with Crippen LogP contribution in [0, 0.1) is 5.92 Å². The minimum Gasteiger partial charge on any atom is -0.326 e. The molecular weight excluding hydrogens is 272 g/mol. The first-order valence-electron chi connectivity index (χ1n) is 6.49. The number of hydrogen-bond acceptors (Lipinski definition) is 5. The summed E-state index contributed by atoms with van der Waals surface area (Å²) in [5.41, 5.74) is 1.25. The van der Waals surface area contributed by atoms with Crippen molar-refractivity contribution in [3.63, 3.8) is 0 Å². The Kier molecular flexibility index (Phi) is 4.60. The number of aromatic amines is 1. The summed E-state index contributed by atoms with van der Waals surface area (Å²) in [7, 11) is 0. The second kappa shape index (κ2) is 6.60. The molecule has 8 nitrogen and oxygen atoms in total. The van der Waals surface area contributed by atoms with Gasteiger partial charge in [0.25, 0.3) is 11.7 Å². The Morgan fingerprint density at radius 3 is 2.29 bits per heavy atom. The number of carbonyl (C=O) groups is 2. The van der Waals surface area contributed by atoms with Gasteiger partial charge in [-0.3, -0.25) is 9.59 Å². The van der Waals surface area contributed by atoms with E-state index in [9.17, 15) is 9.59 Å². The predicted molar refractivity (Wildman–Crippen MR) is 76.7 cm³/mol. The van der Waals surface area contributed by atoms with Crippen LogP contribution in [-0.4, -0.2) is 32.4 Å². The minimum absolute atomic E-state index is 0.0337. The fourth-order valence-corrected chi connectivity index (χ4v) is 1.66. The van der Waals surface area contributed by atoms with Gasteiger partial charge in [0.1, 0.15) is 0 Å². The Balaban J connectivity index is 1.93. The highest BCUT2D eigenvalue weighted by Gasteiger charge is 2.11. The molecule has 2 amide bonds. The summed E-state index contributed by atoms with van der Waals surface area (Å²) in [5.74, 6) is -0.225. The highest BCUT2D eigenvalue weighted by Crippen LogP contribution is 2.15. The summed E-state index contributed by atoms with van der Waals surface area (Å²) in [6.07, 6.45) is 0.469. The zero-order chi connectivity index (χ0) is 15.2. The molecule has 0 bridgehead atoms. The Morgan fingerprint density at radius 2 is 1.76 bits per heavy atom. The first kappa shape index (κ1) is 14.6. The van der Waals surface area contributed by atoms with E-state index in [4.69, 9.17) is 0 Å². The highest BCUT2D eigenvalue weighted by molar-refractivity contribution is 6.01. The number of aromatic nitrogens is 4. The van der Waals surface area contributed by atoms with Crippen molar-refractivity contribution >= 4 is 23.2 Å². The van der Waals surface area contributed by atoms with Crippen LogP contribution in [0.5, 0.6) is 0 Å². The van der Waals surface area contributed by atoms with E-state index in [1.165, 1.54) is 0 Å². The third-order valence-corrected chi connectivity index (χ3v) is 2.57. The summed E-state index contributed by atoms with van der Waals surface area (Å²) >= 11 is 0. The van der Waals surface area contributed by atoms with Gasteiger partial charge in [0.15, 0.2) is 0 Å².